The molecule has 1 fully saturated rings. The van der Waals surface area contributed by atoms with E-state index in [0.717, 1.165) is 25.7 Å². The molecule has 2 aliphatic rings. The highest BCUT2D eigenvalue weighted by atomic mass is 32.2. The van der Waals surface area contributed by atoms with E-state index >= 15 is 0 Å². The van der Waals surface area contributed by atoms with Crippen molar-refractivity contribution in [3.63, 3.8) is 0 Å². The van der Waals surface area contributed by atoms with Gasteiger partial charge in [-0.05, 0) is 25.0 Å². The van der Waals surface area contributed by atoms with Crippen LogP contribution in [0.4, 0.5) is 10.1 Å². The van der Waals surface area contributed by atoms with Gasteiger partial charge in [-0.2, -0.15) is 0 Å². The summed E-state index contributed by atoms with van der Waals surface area (Å²) in [5.74, 6) is -0.543. The topological polar surface area (TPSA) is 63.4 Å². The van der Waals surface area contributed by atoms with E-state index in [9.17, 15) is 12.8 Å². The lowest BCUT2D eigenvalue weighted by Crippen LogP contribution is -2.36. The van der Waals surface area contributed by atoms with Gasteiger partial charge in [0, 0.05) is 23.6 Å². The van der Waals surface area contributed by atoms with E-state index in [-0.39, 0.29) is 17.0 Å². The van der Waals surface area contributed by atoms with Gasteiger partial charge in [0.2, 0.25) is 10.0 Å². The van der Waals surface area contributed by atoms with Crippen LogP contribution < -0.4 is 4.31 Å². The highest BCUT2D eigenvalue weighted by molar-refractivity contribution is 7.92. The molecule has 7 heteroatoms. The predicted molar refractivity (Wildman–Crippen MR) is 83.0 cm³/mol. The number of hydrogen-bond donors (Lipinski definition) is 0. The van der Waals surface area contributed by atoms with Crippen LogP contribution in [-0.4, -0.2) is 20.1 Å². The molecule has 23 heavy (non-hydrogen) atoms. The molecule has 1 spiro atoms. The molecule has 2 heterocycles. The van der Waals surface area contributed by atoms with Crippen molar-refractivity contribution in [3.8, 4) is 0 Å². The fourth-order valence-electron chi connectivity index (χ4n) is 3.97. The Bertz CT molecular complexity index is 827. The van der Waals surface area contributed by atoms with Gasteiger partial charge >= 0.3 is 0 Å². The molecule has 1 saturated carbocycles. The Kier molecular flexibility index (Phi) is 3.23. The monoisotopic (exact) mass is 336 g/mol. The third-order valence-corrected chi connectivity index (χ3v) is 6.61. The van der Waals surface area contributed by atoms with E-state index < -0.39 is 10.0 Å². The average Bonchev–Trinajstić information content (AvgIpc) is 3.22. The number of nitrogens with zero attached hydrogens (tertiary/aromatic N) is 2. The zero-order valence-corrected chi connectivity index (χ0v) is 13.4. The first kappa shape index (κ1) is 14.7. The second kappa shape index (κ2) is 5.06. The van der Waals surface area contributed by atoms with Crippen LogP contribution in [0.2, 0.25) is 0 Å². The van der Waals surface area contributed by atoms with Gasteiger partial charge in [0.25, 0.3) is 0 Å². The van der Waals surface area contributed by atoms with Crippen molar-refractivity contribution in [2.45, 2.75) is 36.9 Å². The first-order chi connectivity index (χ1) is 11.0. The molecule has 0 N–H and O–H groups in total. The molecule has 0 bridgehead atoms. The summed E-state index contributed by atoms with van der Waals surface area (Å²) >= 11 is 0. The van der Waals surface area contributed by atoms with Crippen LogP contribution >= 0.6 is 0 Å². The van der Waals surface area contributed by atoms with Gasteiger partial charge in [-0.1, -0.05) is 24.1 Å². The lowest BCUT2D eigenvalue weighted by molar-refractivity contribution is 0.413. The second-order valence-corrected chi connectivity index (χ2v) is 8.27. The molecule has 0 saturated heterocycles. The predicted octanol–water partition coefficient (Wildman–Crippen LogP) is 2.98. The number of anilines is 1. The minimum atomic E-state index is -3.63. The van der Waals surface area contributed by atoms with E-state index in [2.05, 4.69) is 5.16 Å². The fourth-order valence-corrected chi connectivity index (χ4v) is 5.54. The van der Waals surface area contributed by atoms with Gasteiger partial charge in [-0.3, -0.25) is 4.31 Å². The summed E-state index contributed by atoms with van der Waals surface area (Å²) in [7, 11) is -3.63. The summed E-state index contributed by atoms with van der Waals surface area (Å²) in [6.07, 6.45) is 5.02. The van der Waals surface area contributed by atoms with Crippen molar-refractivity contribution >= 4 is 15.7 Å². The molecular weight excluding hydrogens is 319 g/mol. The molecule has 0 amide bonds. The summed E-state index contributed by atoms with van der Waals surface area (Å²) in [6.45, 7) is 0.323. The standard InChI is InChI=1S/C16H17FN2O3S/c17-13-4-3-5-14-15(13)16(7-1-2-8-16)11-19(14)23(20,21)10-12-6-9-22-18-12/h3-6,9H,1-2,7-8,10-11H2. The van der Waals surface area contributed by atoms with Gasteiger partial charge < -0.3 is 4.52 Å². The number of sulfonamides is 1. The smallest absolute Gasteiger partial charge is 0.241 e. The Hall–Kier alpha value is -1.89. The van der Waals surface area contributed by atoms with E-state index in [1.165, 1.54) is 22.7 Å². The van der Waals surface area contributed by atoms with Crippen LogP contribution in [0.15, 0.2) is 35.1 Å². The van der Waals surface area contributed by atoms with Crippen LogP contribution in [0.25, 0.3) is 0 Å². The molecular formula is C16H17FN2O3S. The minimum absolute atomic E-state index is 0.241. The summed E-state index contributed by atoms with van der Waals surface area (Å²) in [5, 5.41) is 3.68. The normalized spacial score (nSPS) is 19.4. The molecule has 122 valence electrons. The maximum atomic E-state index is 14.5. The van der Waals surface area contributed by atoms with Crippen LogP contribution in [-0.2, 0) is 21.2 Å². The SMILES string of the molecule is O=S(=O)(Cc1ccon1)N1CC2(CCCC2)c2c(F)cccc21. The van der Waals surface area contributed by atoms with Crippen molar-refractivity contribution in [1.29, 1.82) is 0 Å². The molecule has 0 unspecified atom stereocenters. The Balaban J connectivity index is 1.78. The Morgan fingerprint density at radius 2 is 2.04 bits per heavy atom. The van der Waals surface area contributed by atoms with Crippen molar-refractivity contribution in [2.75, 3.05) is 10.8 Å². The number of benzene rings is 1. The van der Waals surface area contributed by atoms with E-state index in [4.69, 9.17) is 4.52 Å². The van der Waals surface area contributed by atoms with Crippen LogP contribution in [0.3, 0.4) is 0 Å². The first-order valence-corrected chi connectivity index (χ1v) is 9.31. The highest BCUT2D eigenvalue weighted by Gasteiger charge is 2.49. The summed E-state index contributed by atoms with van der Waals surface area (Å²) in [6, 6.07) is 6.23. The fraction of sp³-hybridized carbons (Fsp3) is 0.438. The third kappa shape index (κ3) is 2.25. The summed E-state index contributed by atoms with van der Waals surface area (Å²) < 4.78 is 46.2. The zero-order valence-electron chi connectivity index (χ0n) is 12.5. The number of rotatable bonds is 3. The van der Waals surface area contributed by atoms with Gasteiger partial charge in [0.15, 0.2) is 0 Å². The molecule has 5 nitrogen and oxygen atoms in total. The lowest BCUT2D eigenvalue weighted by atomic mass is 9.80. The van der Waals surface area contributed by atoms with Gasteiger partial charge in [0.05, 0.1) is 5.69 Å². The largest absolute Gasteiger partial charge is 0.364 e. The molecule has 2 aromatic rings. The average molecular weight is 336 g/mol. The lowest BCUT2D eigenvalue weighted by Gasteiger charge is -2.25. The molecule has 1 aromatic carbocycles. The van der Waals surface area contributed by atoms with Gasteiger partial charge in [-0.25, -0.2) is 12.8 Å². The van der Waals surface area contributed by atoms with Crippen LogP contribution in [0.5, 0.6) is 0 Å². The Morgan fingerprint density at radius 1 is 1.26 bits per heavy atom. The third-order valence-electron chi connectivity index (χ3n) is 4.95. The van der Waals surface area contributed by atoms with Crippen molar-refractivity contribution in [1.82, 2.24) is 5.16 Å². The molecule has 1 aliphatic heterocycles. The number of halogens is 1. The van der Waals surface area contributed by atoms with E-state index in [0.29, 0.717) is 23.5 Å². The highest BCUT2D eigenvalue weighted by Crippen LogP contribution is 2.52. The quantitative estimate of drug-likeness (QED) is 0.864. The molecule has 4 rings (SSSR count). The summed E-state index contributed by atoms with van der Waals surface area (Å²) in [5.41, 5.74) is 1.03. The maximum absolute atomic E-state index is 14.5. The summed E-state index contributed by atoms with van der Waals surface area (Å²) in [4.78, 5) is 0. The number of fused-ring (bicyclic) bond motifs is 2. The van der Waals surface area contributed by atoms with Crippen molar-refractivity contribution in [2.24, 2.45) is 0 Å². The molecule has 0 radical (unpaired) electrons. The van der Waals surface area contributed by atoms with Crippen LogP contribution in [0, 0.1) is 5.82 Å². The maximum Gasteiger partial charge on any atom is 0.241 e. The Labute approximate surface area is 134 Å². The first-order valence-electron chi connectivity index (χ1n) is 7.71. The van der Waals surface area contributed by atoms with Gasteiger partial charge in [0.1, 0.15) is 23.5 Å². The molecule has 0 atom stereocenters. The zero-order chi connectivity index (χ0) is 16.1. The van der Waals surface area contributed by atoms with Crippen molar-refractivity contribution in [3.05, 3.63) is 47.6 Å². The molecule has 1 aromatic heterocycles. The number of hydrogen-bond acceptors (Lipinski definition) is 4. The number of aromatic nitrogens is 1. The minimum Gasteiger partial charge on any atom is -0.364 e. The van der Waals surface area contributed by atoms with E-state index in [1.54, 1.807) is 12.1 Å². The van der Waals surface area contributed by atoms with Gasteiger partial charge in [-0.15, -0.1) is 0 Å². The van der Waals surface area contributed by atoms with Crippen LogP contribution in [0.1, 0.15) is 36.9 Å². The van der Waals surface area contributed by atoms with E-state index in [1.807, 2.05) is 0 Å². The van der Waals surface area contributed by atoms with Crippen molar-refractivity contribution < 1.29 is 17.3 Å². The molecule has 1 aliphatic carbocycles. The Morgan fingerprint density at radius 3 is 2.74 bits per heavy atom. The second-order valence-electron chi connectivity index (χ2n) is 6.38.